The summed E-state index contributed by atoms with van der Waals surface area (Å²) in [7, 11) is 0. The van der Waals surface area contributed by atoms with Gasteiger partial charge in [-0.25, -0.2) is 0 Å². The molecule has 0 bridgehead atoms. The Morgan fingerprint density at radius 3 is 1.62 bits per heavy atom. The van der Waals surface area contributed by atoms with E-state index in [1.54, 1.807) is 0 Å². The Labute approximate surface area is 351 Å². The molecule has 12 aromatic rings. The van der Waals surface area contributed by atoms with Gasteiger partial charge in [-0.1, -0.05) is 121 Å². The molecule has 0 aliphatic heterocycles. The lowest BCUT2D eigenvalue weighted by atomic mass is 10.0. The highest BCUT2D eigenvalue weighted by Crippen LogP contribution is 2.42. The van der Waals surface area contributed by atoms with Gasteiger partial charge in [-0.3, -0.25) is 0 Å². The van der Waals surface area contributed by atoms with Gasteiger partial charge in [-0.15, -0.1) is 11.3 Å². The molecule has 0 spiro atoms. The van der Waals surface area contributed by atoms with Gasteiger partial charge in [0.05, 0.1) is 16.6 Å². The summed E-state index contributed by atoms with van der Waals surface area (Å²) in [5.41, 5.74) is 14.0. The van der Waals surface area contributed by atoms with E-state index >= 15 is 0 Å². The van der Waals surface area contributed by atoms with Crippen molar-refractivity contribution in [2.24, 2.45) is 0 Å². The maximum atomic E-state index is 2.39. The van der Waals surface area contributed by atoms with Gasteiger partial charge < -0.3 is 14.0 Å². The number of rotatable bonds is 7. The summed E-state index contributed by atoms with van der Waals surface area (Å²) in [5, 5.41) is 6.34. The van der Waals surface area contributed by atoms with Crippen LogP contribution in [0.25, 0.3) is 86.5 Å². The van der Waals surface area contributed by atoms with Gasteiger partial charge >= 0.3 is 0 Å². The molecule has 0 N–H and O–H groups in total. The number of fused-ring (bicyclic) bond motifs is 7. The van der Waals surface area contributed by atoms with Gasteiger partial charge in [0.25, 0.3) is 0 Å². The highest BCUT2D eigenvalue weighted by Gasteiger charge is 2.17. The molecule has 12 rings (SSSR count). The molecular formula is C56H37N3S. The smallest absolute Gasteiger partial charge is 0.0562 e. The van der Waals surface area contributed by atoms with E-state index in [0.29, 0.717) is 0 Å². The number of benzene rings is 9. The minimum atomic E-state index is 1.11. The highest BCUT2D eigenvalue weighted by atomic mass is 32.1. The summed E-state index contributed by atoms with van der Waals surface area (Å²) in [6, 6.07) is 79.4. The van der Waals surface area contributed by atoms with E-state index in [1.165, 1.54) is 75.1 Å². The molecular weight excluding hydrogens is 747 g/mol. The number of para-hydroxylation sites is 2. The summed E-state index contributed by atoms with van der Waals surface area (Å²) < 4.78 is 7.31. The average Bonchev–Trinajstić information content (AvgIpc) is 4.01. The van der Waals surface area contributed by atoms with Crippen LogP contribution in [-0.4, -0.2) is 9.13 Å². The van der Waals surface area contributed by atoms with E-state index in [9.17, 15) is 0 Å². The van der Waals surface area contributed by atoms with Gasteiger partial charge in [0.2, 0.25) is 0 Å². The SMILES string of the molecule is c1ccc(-c2ccc(N(c3ccc(-c4ccc(-n5ccc6cc7c8ccccc8n(-c8ccccc8)c7cc65)cc4)cc3)c3ccc4sc5ccccc5c4c3)cc2)cc1. The van der Waals surface area contributed by atoms with Crippen molar-refractivity contribution in [3.05, 3.63) is 225 Å². The first-order valence-electron chi connectivity index (χ1n) is 20.4. The number of aromatic nitrogens is 2. The first-order valence-corrected chi connectivity index (χ1v) is 21.2. The fourth-order valence-corrected chi connectivity index (χ4v) is 10.1. The number of nitrogens with zero attached hydrogens (tertiary/aromatic N) is 3. The molecule has 3 nitrogen and oxygen atoms in total. The molecule has 0 aliphatic carbocycles. The molecule has 3 aromatic heterocycles. The van der Waals surface area contributed by atoms with Crippen molar-refractivity contribution in [2.75, 3.05) is 4.90 Å². The first-order chi connectivity index (χ1) is 29.7. The Morgan fingerprint density at radius 1 is 0.333 bits per heavy atom. The molecule has 282 valence electrons. The molecule has 4 heteroatoms. The van der Waals surface area contributed by atoms with E-state index in [2.05, 4.69) is 239 Å². The molecule has 0 unspecified atom stereocenters. The molecule has 9 aromatic carbocycles. The van der Waals surface area contributed by atoms with E-state index in [4.69, 9.17) is 0 Å². The zero-order chi connectivity index (χ0) is 39.6. The molecule has 0 aliphatic rings. The van der Waals surface area contributed by atoms with Crippen molar-refractivity contribution in [1.29, 1.82) is 0 Å². The Morgan fingerprint density at radius 2 is 0.900 bits per heavy atom. The number of hydrogen-bond acceptors (Lipinski definition) is 2. The molecule has 0 atom stereocenters. The van der Waals surface area contributed by atoms with Crippen LogP contribution in [0.2, 0.25) is 0 Å². The standard InChI is InChI=1S/C56H37N3S/c1-3-11-38(12-4-1)39-21-27-45(28-22-39)58(47-31-32-56-51(36-47)49-16-8-10-18-55(49)60-56)46-29-23-41(24-30-46)40-19-25-43(26-20-40)57-34-33-42-35-50-48-15-7-9-17-52(48)59(54(50)37-53(42)57)44-13-5-2-6-14-44/h1-37H. The van der Waals surface area contributed by atoms with Gasteiger partial charge in [-0.05, 0) is 119 Å². The van der Waals surface area contributed by atoms with Crippen LogP contribution in [0.3, 0.4) is 0 Å². The fraction of sp³-hybridized carbons (Fsp3) is 0. The number of thiophene rings is 1. The molecule has 0 fully saturated rings. The van der Waals surface area contributed by atoms with Crippen molar-refractivity contribution in [3.63, 3.8) is 0 Å². The largest absolute Gasteiger partial charge is 0.316 e. The van der Waals surface area contributed by atoms with Crippen LogP contribution in [0, 0.1) is 0 Å². The Kier molecular flexibility index (Phi) is 8.03. The molecule has 0 amide bonds. The second-order valence-electron chi connectivity index (χ2n) is 15.4. The second-order valence-corrected chi connectivity index (χ2v) is 16.5. The van der Waals surface area contributed by atoms with Crippen molar-refractivity contribution >= 4 is 81.3 Å². The third-order valence-corrected chi connectivity index (χ3v) is 13.1. The van der Waals surface area contributed by atoms with E-state index in [0.717, 1.165) is 28.4 Å². The zero-order valence-corrected chi connectivity index (χ0v) is 33.4. The lowest BCUT2D eigenvalue weighted by Gasteiger charge is -2.26. The van der Waals surface area contributed by atoms with E-state index < -0.39 is 0 Å². The third kappa shape index (κ3) is 5.72. The van der Waals surface area contributed by atoms with E-state index in [-0.39, 0.29) is 0 Å². The highest BCUT2D eigenvalue weighted by molar-refractivity contribution is 7.25. The number of hydrogen-bond donors (Lipinski definition) is 0. The van der Waals surface area contributed by atoms with Gasteiger partial charge in [0, 0.05) is 71.0 Å². The summed E-state index contributed by atoms with van der Waals surface area (Å²) in [5.74, 6) is 0. The van der Waals surface area contributed by atoms with Crippen LogP contribution < -0.4 is 4.90 Å². The third-order valence-electron chi connectivity index (χ3n) is 12.0. The van der Waals surface area contributed by atoms with Crippen molar-refractivity contribution in [3.8, 4) is 33.6 Å². The van der Waals surface area contributed by atoms with Crippen LogP contribution in [-0.2, 0) is 0 Å². The van der Waals surface area contributed by atoms with Crippen LogP contribution in [0.4, 0.5) is 17.1 Å². The lowest BCUT2D eigenvalue weighted by Crippen LogP contribution is -2.09. The number of anilines is 3. The van der Waals surface area contributed by atoms with Gasteiger partial charge in [0.1, 0.15) is 0 Å². The average molecular weight is 784 g/mol. The lowest BCUT2D eigenvalue weighted by molar-refractivity contribution is 1.13. The van der Waals surface area contributed by atoms with Crippen LogP contribution in [0.5, 0.6) is 0 Å². The van der Waals surface area contributed by atoms with Crippen molar-refractivity contribution < 1.29 is 0 Å². The minimum absolute atomic E-state index is 1.11. The predicted octanol–water partition coefficient (Wildman–Crippen LogP) is 15.9. The maximum absolute atomic E-state index is 2.39. The predicted molar refractivity (Wildman–Crippen MR) is 256 cm³/mol. The maximum Gasteiger partial charge on any atom is 0.0562 e. The molecule has 0 radical (unpaired) electrons. The summed E-state index contributed by atoms with van der Waals surface area (Å²) in [4.78, 5) is 2.37. The van der Waals surface area contributed by atoms with Gasteiger partial charge in [0.15, 0.2) is 0 Å². The van der Waals surface area contributed by atoms with Crippen LogP contribution >= 0.6 is 11.3 Å². The van der Waals surface area contributed by atoms with Crippen LogP contribution in [0.15, 0.2) is 225 Å². The first kappa shape index (κ1) is 34.4. The second kappa shape index (κ2) is 14.0. The van der Waals surface area contributed by atoms with Crippen LogP contribution in [0.1, 0.15) is 0 Å². The summed E-state index contributed by atoms with van der Waals surface area (Å²) in [6.45, 7) is 0. The fourth-order valence-electron chi connectivity index (χ4n) is 9.03. The normalized spacial score (nSPS) is 11.7. The summed E-state index contributed by atoms with van der Waals surface area (Å²) in [6.07, 6.45) is 2.19. The van der Waals surface area contributed by atoms with Crippen molar-refractivity contribution in [1.82, 2.24) is 9.13 Å². The molecule has 0 saturated heterocycles. The molecule has 3 heterocycles. The van der Waals surface area contributed by atoms with Gasteiger partial charge in [-0.2, -0.15) is 0 Å². The zero-order valence-electron chi connectivity index (χ0n) is 32.6. The monoisotopic (exact) mass is 783 g/mol. The van der Waals surface area contributed by atoms with E-state index in [1.807, 2.05) is 11.3 Å². The minimum Gasteiger partial charge on any atom is -0.316 e. The Hall–Kier alpha value is -7.66. The Balaban J connectivity index is 0.898. The molecule has 60 heavy (non-hydrogen) atoms. The van der Waals surface area contributed by atoms with Crippen molar-refractivity contribution in [2.45, 2.75) is 0 Å². The molecule has 0 saturated carbocycles. The topological polar surface area (TPSA) is 13.1 Å². The summed E-state index contributed by atoms with van der Waals surface area (Å²) >= 11 is 1.85. The quantitative estimate of drug-likeness (QED) is 0.157. The Bertz CT molecular complexity index is 3500.